The van der Waals surface area contributed by atoms with Crippen LogP contribution in [0.25, 0.3) is 0 Å². The Balaban J connectivity index is 1.55. The van der Waals surface area contributed by atoms with Crippen LogP contribution in [-0.2, 0) is 25.7 Å². The molecule has 2 aliphatic heterocycles. The summed E-state index contributed by atoms with van der Waals surface area (Å²) in [6.07, 6.45) is 1.65. The van der Waals surface area contributed by atoms with Crippen molar-refractivity contribution in [3.63, 3.8) is 0 Å². The molecular weight excluding hydrogens is 358 g/mol. The summed E-state index contributed by atoms with van der Waals surface area (Å²) in [5.74, 6) is -0.619. The van der Waals surface area contributed by atoms with E-state index in [0.717, 1.165) is 18.4 Å². The molecular formula is C21H29N3O4. The van der Waals surface area contributed by atoms with Crippen LogP contribution in [0.2, 0.25) is 0 Å². The van der Waals surface area contributed by atoms with E-state index in [0.29, 0.717) is 39.3 Å². The molecule has 28 heavy (non-hydrogen) atoms. The van der Waals surface area contributed by atoms with Gasteiger partial charge in [-0.25, -0.2) is 0 Å². The van der Waals surface area contributed by atoms with Crippen LogP contribution in [0.1, 0.15) is 31.7 Å². The van der Waals surface area contributed by atoms with Gasteiger partial charge in [0.25, 0.3) is 0 Å². The Morgan fingerprint density at radius 1 is 1.21 bits per heavy atom. The SMILES string of the molecule is CCOC(=O)C1CCCN(C(=O)CC2NCCN(Cc3ccccc3)C2=O)C1. The maximum absolute atomic E-state index is 12.8. The van der Waals surface area contributed by atoms with Gasteiger partial charge in [-0.2, -0.15) is 0 Å². The number of amides is 2. The monoisotopic (exact) mass is 387 g/mol. The summed E-state index contributed by atoms with van der Waals surface area (Å²) < 4.78 is 5.10. The van der Waals surface area contributed by atoms with E-state index in [9.17, 15) is 14.4 Å². The lowest BCUT2D eigenvalue weighted by Gasteiger charge is -2.35. The molecule has 0 aliphatic carbocycles. The standard InChI is InChI=1S/C21H29N3O4/c1-2-28-21(27)17-9-6-11-23(15-17)19(25)13-18-20(26)24(12-10-22-18)14-16-7-4-3-5-8-16/h3-5,7-8,17-18,22H,2,6,9-15H2,1H3. The van der Waals surface area contributed by atoms with Crippen molar-refractivity contribution in [2.45, 2.75) is 38.8 Å². The molecule has 2 heterocycles. The molecule has 2 atom stereocenters. The first kappa shape index (κ1) is 20.3. The molecule has 2 saturated heterocycles. The van der Waals surface area contributed by atoms with Crippen molar-refractivity contribution in [1.82, 2.24) is 15.1 Å². The van der Waals surface area contributed by atoms with Gasteiger partial charge in [0.15, 0.2) is 0 Å². The Hall–Kier alpha value is -2.41. The third kappa shape index (κ3) is 5.10. The highest BCUT2D eigenvalue weighted by Gasteiger charge is 2.34. The highest BCUT2D eigenvalue weighted by atomic mass is 16.5. The van der Waals surface area contributed by atoms with E-state index in [4.69, 9.17) is 4.74 Å². The van der Waals surface area contributed by atoms with Crippen molar-refractivity contribution in [2.75, 3.05) is 32.8 Å². The van der Waals surface area contributed by atoms with Gasteiger partial charge in [0, 0.05) is 32.7 Å². The van der Waals surface area contributed by atoms with E-state index < -0.39 is 6.04 Å². The van der Waals surface area contributed by atoms with Crippen LogP contribution in [0.15, 0.2) is 30.3 Å². The van der Waals surface area contributed by atoms with E-state index in [1.807, 2.05) is 30.3 Å². The molecule has 152 valence electrons. The molecule has 1 N–H and O–H groups in total. The lowest BCUT2D eigenvalue weighted by atomic mass is 9.97. The fourth-order valence-electron chi connectivity index (χ4n) is 3.87. The second-order valence-corrected chi connectivity index (χ2v) is 7.39. The normalized spacial score (nSPS) is 22.8. The van der Waals surface area contributed by atoms with Crippen molar-refractivity contribution in [3.05, 3.63) is 35.9 Å². The van der Waals surface area contributed by atoms with Crippen molar-refractivity contribution in [2.24, 2.45) is 5.92 Å². The minimum atomic E-state index is -0.507. The maximum atomic E-state index is 12.8. The van der Waals surface area contributed by atoms with Gasteiger partial charge in [-0.3, -0.25) is 14.4 Å². The summed E-state index contributed by atoms with van der Waals surface area (Å²) >= 11 is 0. The number of rotatable bonds is 6. The third-order valence-corrected chi connectivity index (χ3v) is 5.37. The van der Waals surface area contributed by atoms with Crippen molar-refractivity contribution >= 4 is 17.8 Å². The van der Waals surface area contributed by atoms with E-state index in [1.54, 1.807) is 16.7 Å². The van der Waals surface area contributed by atoms with Gasteiger partial charge in [-0.15, -0.1) is 0 Å². The summed E-state index contributed by atoms with van der Waals surface area (Å²) in [6, 6.07) is 9.36. The van der Waals surface area contributed by atoms with Crippen LogP contribution in [0.4, 0.5) is 0 Å². The van der Waals surface area contributed by atoms with Gasteiger partial charge in [-0.05, 0) is 25.3 Å². The first-order chi connectivity index (χ1) is 13.6. The molecule has 3 rings (SSSR count). The van der Waals surface area contributed by atoms with Gasteiger partial charge in [0.2, 0.25) is 11.8 Å². The maximum Gasteiger partial charge on any atom is 0.310 e. The average Bonchev–Trinajstić information content (AvgIpc) is 2.72. The van der Waals surface area contributed by atoms with Crippen LogP contribution < -0.4 is 5.32 Å². The number of benzene rings is 1. The summed E-state index contributed by atoms with van der Waals surface area (Å²) in [6.45, 7) is 5.00. The molecule has 1 aromatic rings. The summed E-state index contributed by atoms with van der Waals surface area (Å²) in [7, 11) is 0. The van der Waals surface area contributed by atoms with Crippen molar-refractivity contribution in [1.29, 1.82) is 0 Å². The van der Waals surface area contributed by atoms with Crippen molar-refractivity contribution < 1.29 is 19.1 Å². The highest BCUT2D eigenvalue weighted by molar-refractivity contribution is 5.89. The van der Waals surface area contributed by atoms with Gasteiger partial charge in [-0.1, -0.05) is 30.3 Å². The minimum absolute atomic E-state index is 0.0394. The molecule has 0 spiro atoms. The highest BCUT2D eigenvalue weighted by Crippen LogP contribution is 2.20. The molecule has 2 unspecified atom stereocenters. The first-order valence-electron chi connectivity index (χ1n) is 10.1. The number of piperazine rings is 1. The van der Waals surface area contributed by atoms with E-state index in [2.05, 4.69) is 5.32 Å². The second-order valence-electron chi connectivity index (χ2n) is 7.39. The molecule has 2 aliphatic rings. The van der Waals surface area contributed by atoms with Gasteiger partial charge in [0.05, 0.1) is 25.0 Å². The zero-order chi connectivity index (χ0) is 19.9. The zero-order valence-corrected chi connectivity index (χ0v) is 16.4. The van der Waals surface area contributed by atoms with E-state index in [-0.39, 0.29) is 30.1 Å². The lowest BCUT2D eigenvalue weighted by molar-refractivity contribution is -0.152. The summed E-state index contributed by atoms with van der Waals surface area (Å²) in [4.78, 5) is 41.1. The van der Waals surface area contributed by atoms with Crippen LogP contribution in [0.3, 0.4) is 0 Å². The number of esters is 1. The molecule has 7 nitrogen and oxygen atoms in total. The van der Waals surface area contributed by atoms with Crippen molar-refractivity contribution in [3.8, 4) is 0 Å². The second kappa shape index (κ2) is 9.68. The molecule has 0 saturated carbocycles. The fourth-order valence-corrected chi connectivity index (χ4v) is 3.87. The largest absolute Gasteiger partial charge is 0.466 e. The zero-order valence-electron chi connectivity index (χ0n) is 16.4. The molecule has 2 amide bonds. The number of nitrogens with one attached hydrogen (secondary N) is 1. The van der Waals surface area contributed by atoms with Crippen LogP contribution in [-0.4, -0.2) is 66.4 Å². The Bertz CT molecular complexity index is 694. The fraction of sp³-hybridized carbons (Fsp3) is 0.571. The Kier molecular flexibility index (Phi) is 7.03. The molecule has 0 bridgehead atoms. The molecule has 2 fully saturated rings. The Morgan fingerprint density at radius 2 is 2.00 bits per heavy atom. The molecule has 1 aromatic carbocycles. The van der Waals surface area contributed by atoms with Gasteiger partial charge in [0.1, 0.15) is 0 Å². The van der Waals surface area contributed by atoms with Gasteiger partial charge < -0.3 is 19.9 Å². The average molecular weight is 387 g/mol. The number of hydrogen-bond acceptors (Lipinski definition) is 5. The quantitative estimate of drug-likeness (QED) is 0.742. The molecule has 7 heteroatoms. The smallest absolute Gasteiger partial charge is 0.310 e. The number of hydrogen-bond donors (Lipinski definition) is 1. The Labute approximate surface area is 166 Å². The number of nitrogens with zero attached hydrogens (tertiary/aromatic N) is 2. The first-order valence-corrected chi connectivity index (χ1v) is 10.1. The summed E-state index contributed by atoms with van der Waals surface area (Å²) in [5.41, 5.74) is 1.08. The van der Waals surface area contributed by atoms with Crippen LogP contribution >= 0.6 is 0 Å². The minimum Gasteiger partial charge on any atom is -0.466 e. The number of carbonyl (C=O) groups excluding carboxylic acids is 3. The van der Waals surface area contributed by atoms with E-state index >= 15 is 0 Å². The lowest BCUT2D eigenvalue weighted by Crippen LogP contribution is -2.56. The topological polar surface area (TPSA) is 79.0 Å². The summed E-state index contributed by atoms with van der Waals surface area (Å²) in [5, 5.41) is 3.18. The van der Waals surface area contributed by atoms with Crippen LogP contribution in [0, 0.1) is 5.92 Å². The number of likely N-dealkylation sites (tertiary alicyclic amines) is 1. The number of carbonyl (C=O) groups is 3. The van der Waals surface area contributed by atoms with Gasteiger partial charge >= 0.3 is 5.97 Å². The van der Waals surface area contributed by atoms with E-state index in [1.165, 1.54) is 0 Å². The van der Waals surface area contributed by atoms with Crippen LogP contribution in [0.5, 0.6) is 0 Å². The predicted molar refractivity (Wildman–Crippen MR) is 104 cm³/mol. The number of piperidine rings is 1. The Morgan fingerprint density at radius 3 is 2.75 bits per heavy atom. The molecule has 0 radical (unpaired) electrons. The number of ether oxygens (including phenoxy) is 1. The molecule has 0 aromatic heterocycles. The predicted octanol–water partition coefficient (Wildman–Crippen LogP) is 1.18. The third-order valence-electron chi connectivity index (χ3n) is 5.37.